The zero-order valence-electron chi connectivity index (χ0n) is 10.6. The van der Waals surface area contributed by atoms with Crippen molar-refractivity contribution < 1.29 is 4.39 Å². The molecule has 19 heavy (non-hydrogen) atoms. The van der Waals surface area contributed by atoms with E-state index in [-0.39, 0.29) is 11.9 Å². The number of thiophene rings is 1. The van der Waals surface area contributed by atoms with Gasteiger partial charge in [0.05, 0.1) is 8.67 Å². The summed E-state index contributed by atoms with van der Waals surface area (Å²) < 4.78 is 14.5. The first kappa shape index (κ1) is 14.8. The van der Waals surface area contributed by atoms with Crippen molar-refractivity contribution >= 4 is 34.5 Å². The molecule has 5 heteroatoms. The maximum absolute atomic E-state index is 13.1. The third kappa shape index (κ3) is 3.48. The highest BCUT2D eigenvalue weighted by Crippen LogP contribution is 2.36. The average molecular weight is 318 g/mol. The quantitative estimate of drug-likeness (QED) is 0.836. The molecule has 0 aliphatic heterocycles. The molecule has 1 nitrogen and oxygen atoms in total. The molecule has 1 aromatic carbocycles. The normalized spacial score (nSPS) is 12.7. The first-order chi connectivity index (χ1) is 9.01. The van der Waals surface area contributed by atoms with E-state index in [1.54, 1.807) is 6.07 Å². The Hall–Kier alpha value is -0.610. The third-order valence-electron chi connectivity index (χ3n) is 3.14. The van der Waals surface area contributed by atoms with Gasteiger partial charge < -0.3 is 5.32 Å². The Labute approximate surface area is 126 Å². The van der Waals surface area contributed by atoms with Crippen molar-refractivity contribution in [2.75, 3.05) is 7.05 Å². The van der Waals surface area contributed by atoms with Crippen LogP contribution in [0.3, 0.4) is 0 Å². The minimum atomic E-state index is -0.209. The van der Waals surface area contributed by atoms with Crippen molar-refractivity contribution in [1.29, 1.82) is 0 Å². The fourth-order valence-corrected chi connectivity index (χ4v) is 3.65. The van der Waals surface area contributed by atoms with Crippen molar-refractivity contribution in [3.8, 4) is 0 Å². The Morgan fingerprint density at radius 2 is 2.05 bits per heavy atom. The smallest absolute Gasteiger partial charge is 0.123 e. The van der Waals surface area contributed by atoms with E-state index in [1.807, 2.05) is 26.1 Å². The molecule has 2 rings (SSSR count). The molecule has 1 unspecified atom stereocenters. The predicted molar refractivity (Wildman–Crippen MR) is 81.0 cm³/mol. The Kier molecular flexibility index (Phi) is 4.85. The van der Waals surface area contributed by atoms with E-state index in [2.05, 4.69) is 5.32 Å². The first-order valence-corrected chi connectivity index (χ1v) is 7.45. The van der Waals surface area contributed by atoms with Gasteiger partial charge in [-0.3, -0.25) is 0 Å². The summed E-state index contributed by atoms with van der Waals surface area (Å²) in [5, 5.41) is 3.23. The molecule has 1 heterocycles. The molecule has 1 aromatic heterocycles. The predicted octanol–water partition coefficient (Wildman–Crippen LogP) is 5.01. The number of rotatable bonds is 4. The molecule has 0 saturated heterocycles. The van der Waals surface area contributed by atoms with Gasteiger partial charge in [-0.2, -0.15) is 0 Å². The molecule has 2 aromatic rings. The molecule has 0 radical (unpaired) electrons. The fourth-order valence-electron chi connectivity index (χ4n) is 2.07. The maximum Gasteiger partial charge on any atom is 0.123 e. The summed E-state index contributed by atoms with van der Waals surface area (Å²) in [6, 6.07) is 6.80. The van der Waals surface area contributed by atoms with Crippen molar-refractivity contribution in [1.82, 2.24) is 5.32 Å². The lowest BCUT2D eigenvalue weighted by atomic mass is 9.98. The van der Waals surface area contributed by atoms with Crippen LogP contribution in [0.15, 0.2) is 24.3 Å². The second-order valence-electron chi connectivity index (χ2n) is 4.40. The lowest BCUT2D eigenvalue weighted by Gasteiger charge is -2.17. The average Bonchev–Trinajstić information content (AvgIpc) is 2.68. The van der Waals surface area contributed by atoms with Gasteiger partial charge in [-0.05, 0) is 49.7 Å². The van der Waals surface area contributed by atoms with Crippen molar-refractivity contribution in [3.05, 3.63) is 55.4 Å². The molecule has 0 aliphatic rings. The summed E-state index contributed by atoms with van der Waals surface area (Å²) in [6.07, 6.45) is 0.745. The summed E-state index contributed by atoms with van der Waals surface area (Å²) in [7, 11) is 1.88. The summed E-state index contributed by atoms with van der Waals surface area (Å²) in [6.45, 7) is 1.91. The molecular formula is C14H14Cl2FNS. The van der Waals surface area contributed by atoms with Gasteiger partial charge in [-0.15, -0.1) is 11.3 Å². The monoisotopic (exact) mass is 317 g/mol. The molecule has 102 valence electrons. The van der Waals surface area contributed by atoms with Crippen LogP contribution in [0, 0.1) is 12.7 Å². The Balaban J connectivity index is 2.26. The topological polar surface area (TPSA) is 12.0 Å². The summed E-state index contributed by atoms with van der Waals surface area (Å²) in [5.74, 6) is -0.209. The van der Waals surface area contributed by atoms with Crippen molar-refractivity contribution in [2.45, 2.75) is 19.4 Å². The molecule has 1 atom stereocenters. The molecule has 0 aliphatic carbocycles. The van der Waals surface area contributed by atoms with Gasteiger partial charge in [0.2, 0.25) is 0 Å². The van der Waals surface area contributed by atoms with Gasteiger partial charge in [0.25, 0.3) is 0 Å². The lowest BCUT2D eigenvalue weighted by Crippen LogP contribution is -2.19. The highest BCUT2D eigenvalue weighted by molar-refractivity contribution is 7.20. The Morgan fingerprint density at radius 3 is 2.58 bits per heavy atom. The maximum atomic E-state index is 13.1. The molecule has 0 amide bonds. The van der Waals surface area contributed by atoms with E-state index in [4.69, 9.17) is 23.2 Å². The number of likely N-dealkylation sites (N-methyl/N-ethyl adjacent to an activating group) is 1. The van der Waals surface area contributed by atoms with Crippen LogP contribution in [0.4, 0.5) is 4.39 Å². The molecule has 1 N–H and O–H groups in total. The van der Waals surface area contributed by atoms with Crippen LogP contribution >= 0.6 is 34.5 Å². The number of aryl methyl sites for hydroxylation is 1. The van der Waals surface area contributed by atoms with Gasteiger partial charge >= 0.3 is 0 Å². The van der Waals surface area contributed by atoms with Crippen LogP contribution in [0.25, 0.3) is 0 Å². The second-order valence-corrected chi connectivity index (χ2v) is 6.68. The van der Waals surface area contributed by atoms with Crippen molar-refractivity contribution in [2.24, 2.45) is 0 Å². The molecule has 0 fully saturated rings. The van der Waals surface area contributed by atoms with Gasteiger partial charge in [0.15, 0.2) is 0 Å². The Morgan fingerprint density at radius 1 is 1.32 bits per heavy atom. The number of hydrogen-bond acceptors (Lipinski definition) is 2. The molecule has 0 spiro atoms. The van der Waals surface area contributed by atoms with Crippen LogP contribution in [-0.4, -0.2) is 7.05 Å². The third-order valence-corrected chi connectivity index (χ3v) is 4.65. The minimum absolute atomic E-state index is 0.0698. The van der Waals surface area contributed by atoms with Gasteiger partial charge in [-0.1, -0.05) is 29.3 Å². The van der Waals surface area contributed by atoms with Crippen LogP contribution < -0.4 is 5.32 Å². The molecule has 0 saturated carbocycles. The van der Waals surface area contributed by atoms with Gasteiger partial charge in [0.1, 0.15) is 5.82 Å². The highest BCUT2D eigenvalue weighted by Gasteiger charge is 2.17. The van der Waals surface area contributed by atoms with E-state index in [9.17, 15) is 4.39 Å². The molecule has 0 bridgehead atoms. The largest absolute Gasteiger partial charge is 0.313 e. The minimum Gasteiger partial charge on any atom is -0.313 e. The summed E-state index contributed by atoms with van der Waals surface area (Å²) >= 11 is 13.5. The zero-order chi connectivity index (χ0) is 14.0. The number of halogens is 3. The molecular weight excluding hydrogens is 304 g/mol. The van der Waals surface area contributed by atoms with E-state index in [1.165, 1.54) is 17.4 Å². The Bertz CT molecular complexity index is 583. The van der Waals surface area contributed by atoms with Crippen LogP contribution in [0.2, 0.25) is 8.67 Å². The highest BCUT2D eigenvalue weighted by atomic mass is 35.5. The second kappa shape index (κ2) is 6.23. The van der Waals surface area contributed by atoms with E-state index in [0.717, 1.165) is 23.1 Å². The van der Waals surface area contributed by atoms with E-state index < -0.39 is 0 Å². The number of benzene rings is 1. The van der Waals surface area contributed by atoms with Gasteiger partial charge in [0, 0.05) is 11.6 Å². The number of nitrogens with one attached hydrogen (secondary N) is 1. The van der Waals surface area contributed by atoms with Crippen LogP contribution in [-0.2, 0) is 6.42 Å². The standard InChI is InChI=1S/C14H14Cl2FNS/c1-8-5-10(17)4-3-9(8)6-12(18-2)11-7-13(15)19-14(11)16/h3-5,7,12,18H,6H2,1-2H3. The van der Waals surface area contributed by atoms with E-state index in [0.29, 0.717) is 8.67 Å². The van der Waals surface area contributed by atoms with Crippen LogP contribution in [0.1, 0.15) is 22.7 Å². The van der Waals surface area contributed by atoms with Crippen molar-refractivity contribution in [3.63, 3.8) is 0 Å². The fraction of sp³-hybridized carbons (Fsp3) is 0.286. The summed E-state index contributed by atoms with van der Waals surface area (Å²) in [4.78, 5) is 0. The number of hydrogen-bond donors (Lipinski definition) is 1. The zero-order valence-corrected chi connectivity index (χ0v) is 13.0. The first-order valence-electron chi connectivity index (χ1n) is 5.88. The SMILES string of the molecule is CNC(Cc1ccc(F)cc1C)c1cc(Cl)sc1Cl. The van der Waals surface area contributed by atoms with E-state index >= 15 is 0 Å². The van der Waals surface area contributed by atoms with Gasteiger partial charge in [-0.25, -0.2) is 4.39 Å². The van der Waals surface area contributed by atoms with Crippen LogP contribution in [0.5, 0.6) is 0 Å². The summed E-state index contributed by atoms with van der Waals surface area (Å²) in [5.41, 5.74) is 3.03. The lowest BCUT2D eigenvalue weighted by molar-refractivity contribution is 0.588.